The zero-order valence-corrected chi connectivity index (χ0v) is 16.5. The molecule has 2 aliphatic heterocycles. The number of ether oxygens (including phenoxy) is 1. The number of aliphatic hydroxyl groups excluding tert-OH is 1. The van der Waals surface area contributed by atoms with Crippen molar-refractivity contribution in [2.45, 2.75) is 6.54 Å². The fourth-order valence-electron chi connectivity index (χ4n) is 3.89. The molecule has 0 unspecified atom stereocenters. The highest BCUT2D eigenvalue weighted by Gasteiger charge is 2.22. The molecule has 9 heteroatoms. The van der Waals surface area contributed by atoms with Gasteiger partial charge in [0.25, 0.3) is 5.56 Å². The molecule has 1 N–H and O–H groups in total. The van der Waals surface area contributed by atoms with Crippen LogP contribution < -0.4 is 10.5 Å². The molecule has 29 heavy (non-hydrogen) atoms. The standard InChI is InChI=1S/C20H27N5O4/c26-11-9-25-15-21-18-13-16(1-2-17(18)20(25)28)23-6-3-22(4-7-23)5-8-24-10-12-29-14-19(24)27/h1-2,13,15,26H,3-12,14H2. The number of nitrogens with zero attached hydrogens (tertiary/aromatic N) is 5. The molecule has 0 aliphatic carbocycles. The quantitative estimate of drug-likeness (QED) is 0.689. The second-order valence-corrected chi connectivity index (χ2v) is 7.43. The largest absolute Gasteiger partial charge is 0.395 e. The lowest BCUT2D eigenvalue weighted by molar-refractivity contribution is -0.142. The first-order valence-electron chi connectivity index (χ1n) is 10.1. The van der Waals surface area contributed by atoms with Crippen molar-refractivity contribution in [3.63, 3.8) is 0 Å². The van der Waals surface area contributed by atoms with E-state index in [1.807, 2.05) is 23.1 Å². The van der Waals surface area contributed by atoms with Crippen molar-refractivity contribution in [2.75, 3.05) is 70.5 Å². The molecule has 0 saturated carbocycles. The molecule has 2 fully saturated rings. The van der Waals surface area contributed by atoms with Gasteiger partial charge >= 0.3 is 0 Å². The van der Waals surface area contributed by atoms with E-state index in [2.05, 4.69) is 14.8 Å². The summed E-state index contributed by atoms with van der Waals surface area (Å²) in [4.78, 5) is 35.2. The van der Waals surface area contributed by atoms with Crippen molar-refractivity contribution >= 4 is 22.5 Å². The topological polar surface area (TPSA) is 91.1 Å². The van der Waals surface area contributed by atoms with Crippen molar-refractivity contribution in [3.05, 3.63) is 34.9 Å². The van der Waals surface area contributed by atoms with E-state index >= 15 is 0 Å². The monoisotopic (exact) mass is 401 g/mol. The second-order valence-electron chi connectivity index (χ2n) is 7.43. The number of morpholine rings is 1. The lowest BCUT2D eigenvalue weighted by Crippen LogP contribution is -2.50. The molecule has 1 aromatic carbocycles. The fourth-order valence-corrected chi connectivity index (χ4v) is 3.89. The number of piperazine rings is 1. The Hall–Kier alpha value is -2.49. The molecule has 2 aromatic rings. The average molecular weight is 401 g/mol. The molecule has 156 valence electrons. The Morgan fingerprint density at radius 2 is 1.86 bits per heavy atom. The van der Waals surface area contributed by atoms with Crippen LogP contribution in [-0.2, 0) is 16.1 Å². The number of fused-ring (bicyclic) bond motifs is 1. The number of amides is 1. The van der Waals surface area contributed by atoms with Gasteiger partial charge in [0, 0.05) is 51.5 Å². The highest BCUT2D eigenvalue weighted by molar-refractivity contribution is 5.81. The summed E-state index contributed by atoms with van der Waals surface area (Å²) in [5, 5.41) is 9.62. The van der Waals surface area contributed by atoms with Crippen molar-refractivity contribution in [1.29, 1.82) is 0 Å². The summed E-state index contributed by atoms with van der Waals surface area (Å²) in [6.07, 6.45) is 1.50. The maximum Gasteiger partial charge on any atom is 0.261 e. The van der Waals surface area contributed by atoms with Crippen LogP contribution in [-0.4, -0.2) is 96.0 Å². The number of aromatic nitrogens is 2. The lowest BCUT2D eigenvalue weighted by Gasteiger charge is -2.37. The molecule has 0 spiro atoms. The Morgan fingerprint density at radius 3 is 2.62 bits per heavy atom. The third kappa shape index (κ3) is 4.42. The summed E-state index contributed by atoms with van der Waals surface area (Å²) < 4.78 is 6.61. The molecule has 1 amide bonds. The predicted octanol–water partition coefficient (Wildman–Crippen LogP) is -0.630. The molecule has 0 bridgehead atoms. The van der Waals surface area contributed by atoms with E-state index in [-0.39, 0.29) is 31.2 Å². The number of anilines is 1. The SMILES string of the molecule is O=C1COCCN1CCN1CCN(c2ccc3c(=O)n(CCO)cnc3c2)CC1. The summed E-state index contributed by atoms with van der Waals surface area (Å²) in [5.74, 6) is 0.0802. The van der Waals surface area contributed by atoms with E-state index < -0.39 is 0 Å². The van der Waals surface area contributed by atoms with Crippen molar-refractivity contribution < 1.29 is 14.6 Å². The second kappa shape index (κ2) is 8.89. The van der Waals surface area contributed by atoms with Gasteiger partial charge in [0.2, 0.25) is 5.91 Å². The van der Waals surface area contributed by atoms with Gasteiger partial charge in [0.1, 0.15) is 6.61 Å². The smallest absolute Gasteiger partial charge is 0.261 e. The van der Waals surface area contributed by atoms with E-state index in [4.69, 9.17) is 9.84 Å². The first kappa shape index (κ1) is 19.8. The summed E-state index contributed by atoms with van der Waals surface area (Å²) in [6.45, 7) is 6.96. The average Bonchev–Trinajstić information content (AvgIpc) is 2.75. The summed E-state index contributed by atoms with van der Waals surface area (Å²) in [7, 11) is 0. The zero-order chi connectivity index (χ0) is 20.2. The van der Waals surface area contributed by atoms with E-state index in [9.17, 15) is 9.59 Å². The molecule has 2 aliphatic rings. The molecule has 9 nitrogen and oxygen atoms in total. The van der Waals surface area contributed by atoms with Crippen LogP contribution in [0.15, 0.2) is 29.3 Å². The number of hydrogen-bond donors (Lipinski definition) is 1. The van der Waals surface area contributed by atoms with Crippen LogP contribution in [0.1, 0.15) is 0 Å². The molecule has 4 rings (SSSR count). The number of carbonyl (C=O) groups excluding carboxylic acids is 1. The summed E-state index contributed by atoms with van der Waals surface area (Å²) >= 11 is 0. The predicted molar refractivity (Wildman–Crippen MR) is 109 cm³/mol. The lowest BCUT2D eigenvalue weighted by atomic mass is 10.2. The Morgan fingerprint density at radius 1 is 1.03 bits per heavy atom. The fraction of sp³-hybridized carbons (Fsp3) is 0.550. The van der Waals surface area contributed by atoms with Crippen molar-refractivity contribution in [3.8, 4) is 0 Å². The van der Waals surface area contributed by atoms with Gasteiger partial charge in [-0.2, -0.15) is 0 Å². The van der Waals surface area contributed by atoms with Gasteiger partial charge in [0.05, 0.1) is 37.0 Å². The Bertz CT molecular complexity index is 923. The normalized spacial score (nSPS) is 18.6. The van der Waals surface area contributed by atoms with Crippen LogP contribution in [0.4, 0.5) is 5.69 Å². The van der Waals surface area contributed by atoms with Gasteiger partial charge < -0.3 is 19.6 Å². The van der Waals surface area contributed by atoms with Gasteiger partial charge in [-0.1, -0.05) is 0 Å². The molecule has 0 atom stereocenters. The third-order valence-electron chi connectivity index (χ3n) is 5.66. The Kier molecular flexibility index (Phi) is 6.08. The summed E-state index contributed by atoms with van der Waals surface area (Å²) in [5.41, 5.74) is 1.61. The van der Waals surface area contributed by atoms with Crippen LogP contribution in [0.2, 0.25) is 0 Å². The molecule has 1 aromatic heterocycles. The highest BCUT2D eigenvalue weighted by atomic mass is 16.5. The van der Waals surface area contributed by atoms with Crippen LogP contribution in [0.5, 0.6) is 0 Å². The van der Waals surface area contributed by atoms with Crippen LogP contribution >= 0.6 is 0 Å². The van der Waals surface area contributed by atoms with Gasteiger partial charge in [-0.3, -0.25) is 19.1 Å². The Labute approximate surface area is 169 Å². The number of rotatable bonds is 6. The Balaban J connectivity index is 1.35. The minimum atomic E-state index is -0.127. The van der Waals surface area contributed by atoms with Gasteiger partial charge in [-0.05, 0) is 18.2 Å². The minimum absolute atomic E-state index is 0.0802. The first-order valence-corrected chi connectivity index (χ1v) is 10.1. The van der Waals surface area contributed by atoms with Gasteiger partial charge in [0.15, 0.2) is 0 Å². The third-order valence-corrected chi connectivity index (χ3v) is 5.66. The van der Waals surface area contributed by atoms with Crippen LogP contribution in [0, 0.1) is 0 Å². The maximum atomic E-state index is 12.4. The van der Waals surface area contributed by atoms with Gasteiger partial charge in [-0.25, -0.2) is 4.98 Å². The minimum Gasteiger partial charge on any atom is -0.395 e. The van der Waals surface area contributed by atoms with Gasteiger partial charge in [-0.15, -0.1) is 0 Å². The first-order chi connectivity index (χ1) is 14.2. The summed E-state index contributed by atoms with van der Waals surface area (Å²) in [6, 6.07) is 5.75. The molecule has 0 radical (unpaired) electrons. The molecular formula is C20H27N5O4. The van der Waals surface area contributed by atoms with E-state index in [1.54, 1.807) is 0 Å². The van der Waals surface area contributed by atoms with Crippen LogP contribution in [0.25, 0.3) is 10.9 Å². The number of carbonyl (C=O) groups is 1. The van der Waals surface area contributed by atoms with E-state index in [0.717, 1.165) is 45.0 Å². The van der Waals surface area contributed by atoms with E-state index in [0.29, 0.717) is 24.1 Å². The highest BCUT2D eigenvalue weighted by Crippen LogP contribution is 2.20. The number of aliphatic hydroxyl groups is 1. The molecule has 2 saturated heterocycles. The maximum absolute atomic E-state index is 12.4. The molecular weight excluding hydrogens is 374 g/mol. The van der Waals surface area contributed by atoms with Crippen molar-refractivity contribution in [1.82, 2.24) is 19.4 Å². The van der Waals surface area contributed by atoms with Crippen molar-refractivity contribution in [2.24, 2.45) is 0 Å². The molecule has 3 heterocycles. The number of hydrogen-bond acceptors (Lipinski definition) is 7. The van der Waals surface area contributed by atoms with E-state index in [1.165, 1.54) is 10.9 Å². The van der Waals surface area contributed by atoms with Crippen LogP contribution in [0.3, 0.4) is 0 Å². The zero-order valence-electron chi connectivity index (χ0n) is 16.5. The number of benzene rings is 1.